The molecule has 1 unspecified atom stereocenters. The summed E-state index contributed by atoms with van der Waals surface area (Å²) in [5.41, 5.74) is -6.30. The molecule has 1 fully saturated rings. The quantitative estimate of drug-likeness (QED) is 0.184. The molecule has 4 N–H and O–H groups in total. The van der Waals surface area contributed by atoms with Crippen LogP contribution in [-0.2, 0) is 27.4 Å². The summed E-state index contributed by atoms with van der Waals surface area (Å²) in [5, 5.41) is 0. The number of halogens is 9. The van der Waals surface area contributed by atoms with Crippen molar-refractivity contribution in [2.75, 3.05) is 19.8 Å². The van der Waals surface area contributed by atoms with Gasteiger partial charge in [-0.25, -0.2) is 8.78 Å². The average Bonchev–Trinajstić information content (AvgIpc) is 2.89. The van der Waals surface area contributed by atoms with Crippen molar-refractivity contribution >= 4 is 18.3 Å². The van der Waals surface area contributed by atoms with Gasteiger partial charge in [-0.2, -0.15) is 26.3 Å². The molecule has 0 spiro atoms. The number of rotatable bonds is 11. The van der Waals surface area contributed by atoms with E-state index in [-0.39, 0.29) is 62.0 Å². The van der Waals surface area contributed by atoms with Crippen molar-refractivity contribution in [1.29, 1.82) is 0 Å². The van der Waals surface area contributed by atoms with E-state index >= 15 is 0 Å². The number of hydrogen-bond donors (Lipinski definition) is 0. The summed E-state index contributed by atoms with van der Waals surface area (Å²) >= 11 is 0. The maximum atomic E-state index is 14.5. The van der Waals surface area contributed by atoms with Gasteiger partial charge >= 0.3 is 12.4 Å². The van der Waals surface area contributed by atoms with Crippen LogP contribution < -0.4 is 0 Å². The fourth-order valence-electron chi connectivity index (χ4n) is 5.50. The molecule has 1 amide bonds. The van der Waals surface area contributed by atoms with Gasteiger partial charge in [-0.1, -0.05) is 58.4 Å². The number of ether oxygens (including phenoxy) is 1. The van der Waals surface area contributed by atoms with Crippen LogP contribution in [0.15, 0.2) is 30.3 Å². The molecule has 2 aromatic carbocycles. The second-order valence-corrected chi connectivity index (χ2v) is 10.1. The Morgan fingerprint density at radius 1 is 0.814 bits per heavy atom. The van der Waals surface area contributed by atoms with Gasteiger partial charge in [0.25, 0.3) is 0 Å². The zero-order chi connectivity index (χ0) is 29.7. The van der Waals surface area contributed by atoms with Crippen LogP contribution in [0.2, 0.25) is 0 Å². The Kier molecular flexibility index (Phi) is 15.6. The molecule has 1 aliphatic rings. The van der Waals surface area contributed by atoms with Gasteiger partial charge in [-0.15, -0.1) is 12.4 Å². The predicted octanol–water partition coefficient (Wildman–Crippen LogP) is 7.66. The monoisotopic (exact) mass is 651 g/mol. The van der Waals surface area contributed by atoms with Crippen LogP contribution in [0.5, 0.6) is 0 Å². The van der Waals surface area contributed by atoms with E-state index in [2.05, 4.69) is 0 Å². The summed E-state index contributed by atoms with van der Waals surface area (Å²) in [6.07, 6.45) is -5.54. The maximum Gasteiger partial charge on any atom is 0.417 e. The largest absolute Gasteiger partial charge is 0.417 e. The molecule has 5 nitrogen and oxygen atoms in total. The third-order valence-corrected chi connectivity index (χ3v) is 7.51. The molecule has 1 saturated heterocycles. The van der Waals surface area contributed by atoms with Crippen LogP contribution >= 0.6 is 12.4 Å². The third-order valence-electron chi connectivity index (χ3n) is 7.51. The summed E-state index contributed by atoms with van der Waals surface area (Å²) in [6, 6.07) is 2.71. The molecule has 3 rings (SSSR count). The second kappa shape index (κ2) is 16.6. The third kappa shape index (κ3) is 9.26. The predicted molar refractivity (Wildman–Crippen MR) is 149 cm³/mol. The molecular weight excluding hydrogens is 614 g/mol. The highest BCUT2D eigenvalue weighted by Crippen LogP contribution is 2.50. The number of benzene rings is 2. The van der Waals surface area contributed by atoms with E-state index in [9.17, 15) is 39.9 Å². The van der Waals surface area contributed by atoms with Gasteiger partial charge in [0.05, 0.1) is 23.3 Å². The van der Waals surface area contributed by atoms with Crippen molar-refractivity contribution in [3.8, 4) is 11.1 Å². The first-order valence-electron chi connectivity index (χ1n) is 13.4. The lowest BCUT2D eigenvalue weighted by Crippen LogP contribution is -2.54. The fraction of sp³-hybridized carbons (Fsp3) is 0.552. The van der Waals surface area contributed by atoms with Crippen LogP contribution in [0.4, 0.5) is 35.1 Å². The average molecular weight is 652 g/mol. The zero-order valence-electron chi connectivity index (χ0n) is 23.9. The lowest BCUT2D eigenvalue weighted by atomic mass is 9.74. The molecule has 1 aliphatic heterocycles. The first-order chi connectivity index (χ1) is 18.8. The Bertz CT molecular complexity index is 1190. The van der Waals surface area contributed by atoms with Crippen LogP contribution in [0, 0.1) is 11.6 Å². The highest BCUT2D eigenvalue weighted by molar-refractivity contribution is 5.85. The van der Waals surface area contributed by atoms with E-state index in [1.165, 1.54) is 4.90 Å². The highest BCUT2D eigenvalue weighted by atomic mass is 35.5. The van der Waals surface area contributed by atoms with E-state index in [0.29, 0.717) is 31.0 Å². The Morgan fingerprint density at radius 3 is 1.95 bits per heavy atom. The molecule has 14 heteroatoms. The van der Waals surface area contributed by atoms with Crippen LogP contribution in [0.3, 0.4) is 0 Å². The molecule has 0 saturated carbocycles. The molecule has 246 valence electrons. The molecule has 0 aliphatic carbocycles. The number of carbonyl (C=O) groups is 1. The van der Waals surface area contributed by atoms with Crippen molar-refractivity contribution < 1.29 is 55.6 Å². The van der Waals surface area contributed by atoms with Crippen LogP contribution in [0.1, 0.15) is 81.9 Å². The maximum absolute atomic E-state index is 14.5. The summed E-state index contributed by atoms with van der Waals surface area (Å²) in [4.78, 5) is 14.4. The van der Waals surface area contributed by atoms with E-state index < -0.39 is 63.3 Å². The highest BCUT2D eigenvalue weighted by Gasteiger charge is 2.47. The van der Waals surface area contributed by atoms with Crippen molar-refractivity contribution in [3.63, 3.8) is 0 Å². The van der Waals surface area contributed by atoms with E-state index in [1.807, 2.05) is 6.92 Å². The van der Waals surface area contributed by atoms with E-state index in [4.69, 9.17) is 4.74 Å². The molecule has 43 heavy (non-hydrogen) atoms. The normalized spacial score (nSPS) is 15.2. The van der Waals surface area contributed by atoms with Crippen molar-refractivity contribution in [1.82, 2.24) is 4.90 Å². The van der Waals surface area contributed by atoms with Gasteiger partial charge in [0.2, 0.25) is 5.91 Å². The van der Waals surface area contributed by atoms with Crippen molar-refractivity contribution in [2.24, 2.45) is 0 Å². The number of alkyl halides is 6. The Morgan fingerprint density at radius 2 is 1.42 bits per heavy atom. The number of unbranched alkanes of at least 4 members (excludes halogenated alkanes) is 5. The van der Waals surface area contributed by atoms with Crippen LogP contribution in [-0.4, -0.2) is 41.5 Å². The minimum atomic E-state index is -5.27. The SMILES string of the molecule is CCCCCCCCC(CC)(c1cc(C(F)(F)F)cc(C(F)(F)F)c1-c1ccc(F)c(F)c1)N1CCOCC1=O.Cl.O.O. The van der Waals surface area contributed by atoms with Gasteiger partial charge in [0, 0.05) is 6.54 Å². The standard InChI is InChI=1S/C29H33F8NO2.ClH.2H2O/c1-3-5-6-7-8-9-12-27(4-2,38-13-14-40-18-25(38)39)21-16-20(28(32,33)34)17-22(29(35,36)37)26(21)19-10-11-23(30)24(31)15-19;;;/h10-11,15-17H,3-9,12-14,18H2,1-2H3;1H;2*1H2. The minimum absolute atomic E-state index is 0. The minimum Gasteiger partial charge on any atom is -0.412 e. The fourth-order valence-corrected chi connectivity index (χ4v) is 5.50. The molecule has 0 aromatic heterocycles. The molecular formula is C29H38ClF8NO4. The molecule has 2 aromatic rings. The summed E-state index contributed by atoms with van der Waals surface area (Å²) in [6.45, 7) is 3.27. The first-order valence-corrected chi connectivity index (χ1v) is 13.4. The van der Waals surface area contributed by atoms with Crippen LogP contribution in [0.25, 0.3) is 11.1 Å². The second-order valence-electron chi connectivity index (χ2n) is 10.1. The smallest absolute Gasteiger partial charge is 0.412 e. The number of carbonyl (C=O) groups excluding carboxylic acids is 1. The zero-order valence-corrected chi connectivity index (χ0v) is 24.7. The lowest BCUT2D eigenvalue weighted by molar-refractivity contribution is -0.152. The first kappa shape index (κ1) is 40.5. The van der Waals surface area contributed by atoms with E-state index in [1.54, 1.807) is 6.92 Å². The number of hydrogen-bond acceptors (Lipinski definition) is 2. The summed E-state index contributed by atoms with van der Waals surface area (Å²) < 4.78 is 119. The Labute approximate surface area is 251 Å². The Balaban J connectivity index is 0.00000588. The van der Waals surface area contributed by atoms with Gasteiger partial charge < -0.3 is 20.6 Å². The number of amides is 1. The number of nitrogens with zero attached hydrogens (tertiary/aromatic N) is 1. The van der Waals surface area contributed by atoms with Gasteiger partial charge in [0.15, 0.2) is 11.6 Å². The summed E-state index contributed by atoms with van der Waals surface area (Å²) in [5.74, 6) is -3.33. The number of morpholine rings is 1. The molecule has 0 bridgehead atoms. The lowest BCUT2D eigenvalue weighted by Gasteiger charge is -2.47. The van der Waals surface area contributed by atoms with Gasteiger partial charge in [0.1, 0.15) is 6.61 Å². The molecule has 1 heterocycles. The Hall–Kier alpha value is -2.48. The topological polar surface area (TPSA) is 92.5 Å². The van der Waals surface area contributed by atoms with Gasteiger partial charge in [-0.3, -0.25) is 4.79 Å². The molecule has 0 radical (unpaired) electrons. The molecule has 1 atom stereocenters. The van der Waals surface area contributed by atoms with Crippen molar-refractivity contribution in [3.05, 3.63) is 58.7 Å². The van der Waals surface area contributed by atoms with E-state index in [0.717, 1.165) is 31.7 Å². The van der Waals surface area contributed by atoms with Crippen molar-refractivity contribution in [2.45, 2.75) is 83.1 Å². The summed E-state index contributed by atoms with van der Waals surface area (Å²) in [7, 11) is 0. The van der Waals surface area contributed by atoms with Gasteiger partial charge in [-0.05, 0) is 53.8 Å².